The van der Waals surface area contributed by atoms with Crippen molar-refractivity contribution in [3.8, 4) is 6.07 Å². The Morgan fingerprint density at radius 1 is 1.25 bits per heavy atom. The molecule has 2 heterocycles. The van der Waals surface area contributed by atoms with E-state index in [4.69, 9.17) is 0 Å². The first-order valence-corrected chi connectivity index (χ1v) is 9.71. The number of anilines is 1. The van der Waals surface area contributed by atoms with Crippen molar-refractivity contribution in [2.45, 2.75) is 24.4 Å². The van der Waals surface area contributed by atoms with Crippen molar-refractivity contribution in [1.82, 2.24) is 14.6 Å². The maximum atomic E-state index is 13.0. The van der Waals surface area contributed by atoms with Crippen LogP contribution in [0.1, 0.15) is 35.2 Å². The van der Waals surface area contributed by atoms with Crippen LogP contribution in [0.4, 0.5) is 18.9 Å². The van der Waals surface area contributed by atoms with Gasteiger partial charge in [0.05, 0.1) is 23.2 Å². The molecular weight excluding hydrogens is 419 g/mol. The summed E-state index contributed by atoms with van der Waals surface area (Å²) in [6.45, 7) is 0. The molecule has 6 nitrogen and oxygen atoms in total. The molecule has 32 heavy (non-hydrogen) atoms. The van der Waals surface area contributed by atoms with Gasteiger partial charge in [-0.2, -0.15) is 22.9 Å². The van der Waals surface area contributed by atoms with E-state index in [2.05, 4.69) is 32.9 Å². The van der Waals surface area contributed by atoms with Gasteiger partial charge in [0, 0.05) is 5.41 Å². The number of nitrogens with zero attached hydrogens (tertiary/aromatic N) is 3. The number of nitrogens with one attached hydrogen (secondary N) is 2. The average molecular weight is 433 g/mol. The Morgan fingerprint density at radius 3 is 2.59 bits per heavy atom. The standard InChI is InChI=1S/C23H14F3N5O/c24-23(25,26)15-8-6-14(7-9-15)22(10-11-22)19-17(12-27)20-28-13-18(21(32)31(20)30-19)29-16-4-2-1-3-5-16/h1-2,4,6-9,13,29-30H,10-11H2. The molecule has 0 aliphatic heterocycles. The third kappa shape index (κ3) is 3.07. The molecule has 0 bridgehead atoms. The second-order valence-electron chi connectivity index (χ2n) is 7.60. The number of aromatic amines is 1. The lowest BCUT2D eigenvalue weighted by Crippen LogP contribution is -2.20. The zero-order valence-corrected chi connectivity index (χ0v) is 16.4. The summed E-state index contributed by atoms with van der Waals surface area (Å²) in [4.78, 5) is 17.3. The molecule has 1 saturated carbocycles. The molecule has 3 aromatic rings. The molecule has 5 rings (SSSR count). The van der Waals surface area contributed by atoms with Gasteiger partial charge in [-0.15, -0.1) is 0 Å². The lowest BCUT2D eigenvalue weighted by Gasteiger charge is -2.16. The fourth-order valence-electron chi connectivity index (χ4n) is 3.91. The molecule has 0 spiro atoms. The van der Waals surface area contributed by atoms with Crippen LogP contribution in [-0.2, 0) is 11.6 Å². The predicted octanol–water partition coefficient (Wildman–Crippen LogP) is 4.17. The summed E-state index contributed by atoms with van der Waals surface area (Å²) >= 11 is 0. The maximum Gasteiger partial charge on any atom is 0.416 e. The molecule has 2 aliphatic rings. The molecule has 2 aromatic heterocycles. The number of hydrogen-bond donors (Lipinski definition) is 2. The van der Waals surface area contributed by atoms with Gasteiger partial charge in [0.2, 0.25) is 0 Å². The highest BCUT2D eigenvalue weighted by atomic mass is 19.4. The first-order chi connectivity index (χ1) is 15.3. The summed E-state index contributed by atoms with van der Waals surface area (Å²) in [5, 5.41) is 15.7. The second-order valence-corrected chi connectivity index (χ2v) is 7.60. The molecule has 2 aliphatic carbocycles. The third-order valence-corrected chi connectivity index (χ3v) is 5.68. The van der Waals surface area contributed by atoms with Crippen molar-refractivity contribution < 1.29 is 13.2 Å². The van der Waals surface area contributed by atoms with E-state index in [-0.39, 0.29) is 16.9 Å². The predicted molar refractivity (Wildman–Crippen MR) is 110 cm³/mol. The molecule has 0 unspecified atom stereocenters. The number of alkyl halides is 3. The normalized spacial score (nSPS) is 16.1. The van der Waals surface area contributed by atoms with Crippen molar-refractivity contribution >= 4 is 11.3 Å². The van der Waals surface area contributed by atoms with Crippen LogP contribution in [0.2, 0.25) is 0 Å². The molecule has 1 aromatic carbocycles. The number of H-pyrrole nitrogens is 1. The van der Waals surface area contributed by atoms with E-state index in [1.54, 1.807) is 18.2 Å². The van der Waals surface area contributed by atoms with Gasteiger partial charge in [-0.05, 0) is 48.4 Å². The summed E-state index contributed by atoms with van der Waals surface area (Å²) in [7, 11) is 0. The summed E-state index contributed by atoms with van der Waals surface area (Å²) < 4.78 is 40.0. The van der Waals surface area contributed by atoms with E-state index in [1.165, 1.54) is 22.8 Å². The van der Waals surface area contributed by atoms with Gasteiger partial charge in [0.25, 0.3) is 5.56 Å². The summed E-state index contributed by atoms with van der Waals surface area (Å²) in [5.41, 5.74) is 5.96. The van der Waals surface area contributed by atoms with Gasteiger partial charge in [-0.1, -0.05) is 23.9 Å². The van der Waals surface area contributed by atoms with Crippen LogP contribution >= 0.6 is 0 Å². The highest BCUT2D eigenvalue weighted by Crippen LogP contribution is 2.54. The maximum absolute atomic E-state index is 13.0. The molecule has 158 valence electrons. The smallest absolute Gasteiger partial charge is 0.343 e. The average Bonchev–Trinajstić information content (AvgIpc) is 3.50. The number of benzene rings is 1. The Kier molecular flexibility index (Phi) is 4.24. The van der Waals surface area contributed by atoms with Crippen LogP contribution in [0.25, 0.3) is 5.65 Å². The first-order valence-electron chi connectivity index (χ1n) is 9.71. The third-order valence-electron chi connectivity index (χ3n) is 5.68. The van der Waals surface area contributed by atoms with Gasteiger partial charge < -0.3 is 5.32 Å². The van der Waals surface area contributed by atoms with E-state index >= 15 is 0 Å². The molecule has 0 atom stereocenters. The Hall–Kier alpha value is -4.24. The summed E-state index contributed by atoms with van der Waals surface area (Å²) in [6, 6.07) is 7.01. The van der Waals surface area contributed by atoms with Crippen molar-refractivity contribution in [1.29, 1.82) is 5.26 Å². The Balaban J connectivity index is 1.60. The molecule has 1 fully saturated rings. The molecule has 0 radical (unpaired) electrons. The minimum atomic E-state index is -4.43. The second kappa shape index (κ2) is 6.89. The molecule has 0 amide bonds. The van der Waals surface area contributed by atoms with Crippen LogP contribution in [0.3, 0.4) is 0 Å². The van der Waals surface area contributed by atoms with Crippen molar-refractivity contribution in [2.24, 2.45) is 0 Å². The number of allylic oxidation sites excluding steroid dienone is 3. The lowest BCUT2D eigenvalue weighted by atomic mass is 9.89. The van der Waals surface area contributed by atoms with Gasteiger partial charge in [0.1, 0.15) is 17.3 Å². The number of halogens is 3. The van der Waals surface area contributed by atoms with E-state index in [0.717, 1.165) is 12.1 Å². The minimum Gasteiger partial charge on any atom is -0.343 e. The Bertz CT molecular complexity index is 1480. The van der Waals surface area contributed by atoms with Gasteiger partial charge >= 0.3 is 6.18 Å². The molecular formula is C23H14F3N5O. The van der Waals surface area contributed by atoms with Gasteiger partial charge in [-0.3, -0.25) is 9.89 Å². The fourth-order valence-corrected chi connectivity index (χ4v) is 3.91. The largest absolute Gasteiger partial charge is 0.416 e. The SMILES string of the molecule is N#Cc1c(C2(c3ccc(C(F)(F)F)cc3)CC2)[nH]n2c(=O)c(NC3=C=C=CC=C3)cnc12. The van der Waals surface area contributed by atoms with Gasteiger partial charge in [-0.25, -0.2) is 4.98 Å². The minimum absolute atomic E-state index is 0.167. The van der Waals surface area contributed by atoms with Crippen LogP contribution < -0.4 is 10.9 Å². The van der Waals surface area contributed by atoms with Crippen LogP contribution in [-0.4, -0.2) is 14.6 Å². The Labute approximate surface area is 179 Å². The van der Waals surface area contributed by atoms with Crippen molar-refractivity contribution in [3.05, 3.63) is 98.6 Å². The number of fused-ring (bicyclic) bond motifs is 1. The summed E-state index contributed by atoms with van der Waals surface area (Å²) in [5.74, 6) is 0. The highest BCUT2D eigenvalue weighted by Gasteiger charge is 2.49. The lowest BCUT2D eigenvalue weighted by molar-refractivity contribution is -0.137. The Morgan fingerprint density at radius 2 is 2.00 bits per heavy atom. The zero-order chi connectivity index (χ0) is 22.5. The highest BCUT2D eigenvalue weighted by molar-refractivity contribution is 5.64. The van der Waals surface area contributed by atoms with Crippen LogP contribution in [0, 0.1) is 11.3 Å². The number of hydrogen-bond acceptors (Lipinski definition) is 4. The topological polar surface area (TPSA) is 86.0 Å². The molecule has 9 heteroatoms. The first kappa shape index (κ1) is 19.7. The van der Waals surface area contributed by atoms with Gasteiger partial charge in [0.15, 0.2) is 5.65 Å². The van der Waals surface area contributed by atoms with E-state index in [9.17, 15) is 23.2 Å². The number of rotatable bonds is 4. The molecule has 2 N–H and O–H groups in total. The van der Waals surface area contributed by atoms with E-state index in [1.807, 2.05) is 0 Å². The number of nitriles is 1. The number of aromatic nitrogens is 3. The van der Waals surface area contributed by atoms with Crippen LogP contribution in [0.5, 0.6) is 0 Å². The van der Waals surface area contributed by atoms with Crippen LogP contribution in [0.15, 0.2) is 70.6 Å². The van der Waals surface area contributed by atoms with E-state index < -0.39 is 22.7 Å². The van der Waals surface area contributed by atoms with Crippen molar-refractivity contribution in [3.63, 3.8) is 0 Å². The van der Waals surface area contributed by atoms with Crippen molar-refractivity contribution in [2.75, 3.05) is 5.32 Å². The zero-order valence-electron chi connectivity index (χ0n) is 16.4. The monoisotopic (exact) mass is 433 g/mol. The fraction of sp³-hybridized carbons (Fsp3) is 0.174. The summed E-state index contributed by atoms with van der Waals surface area (Å²) in [6.07, 6.45) is 3.31. The van der Waals surface area contributed by atoms with E-state index in [0.29, 0.717) is 29.8 Å². The quantitative estimate of drug-likeness (QED) is 0.605. The molecule has 0 saturated heterocycles.